The summed E-state index contributed by atoms with van der Waals surface area (Å²) in [5.74, 6) is 2.03. The van der Waals surface area contributed by atoms with E-state index < -0.39 is 0 Å². The van der Waals surface area contributed by atoms with Gasteiger partial charge in [-0.2, -0.15) is 5.10 Å². The van der Waals surface area contributed by atoms with Crippen LogP contribution in [-0.4, -0.2) is 46.4 Å². The number of nitrogens with one attached hydrogen (secondary N) is 1. The molecule has 0 atom stereocenters. The average molecular weight is 536 g/mol. The van der Waals surface area contributed by atoms with Gasteiger partial charge in [-0.1, -0.05) is 30.3 Å². The molecule has 0 aliphatic carbocycles. The summed E-state index contributed by atoms with van der Waals surface area (Å²) in [5.41, 5.74) is 5.09. The molecule has 1 amide bonds. The van der Waals surface area contributed by atoms with Crippen LogP contribution in [0, 0.1) is 0 Å². The molecule has 0 saturated heterocycles. The molecule has 190 valence electrons. The van der Waals surface area contributed by atoms with E-state index in [0.717, 1.165) is 34.7 Å². The Kier molecular flexibility index (Phi) is 9.18. The van der Waals surface area contributed by atoms with E-state index in [1.165, 1.54) is 11.8 Å². The second kappa shape index (κ2) is 12.9. The number of hydrogen-bond acceptors (Lipinski definition) is 7. The molecule has 4 rings (SSSR count). The van der Waals surface area contributed by atoms with E-state index in [2.05, 4.69) is 27.6 Å². The molecular formula is C27H26ClN5O3S. The van der Waals surface area contributed by atoms with Crippen LogP contribution in [0.2, 0.25) is 5.02 Å². The predicted molar refractivity (Wildman–Crippen MR) is 147 cm³/mol. The highest BCUT2D eigenvalue weighted by molar-refractivity contribution is 7.99. The summed E-state index contributed by atoms with van der Waals surface area (Å²) in [4.78, 5) is 12.5. The Morgan fingerprint density at radius 2 is 1.73 bits per heavy atom. The zero-order valence-electron chi connectivity index (χ0n) is 20.4. The number of nitrogens with zero attached hydrogens (tertiary/aromatic N) is 4. The second-order valence-corrected chi connectivity index (χ2v) is 9.22. The molecule has 0 saturated carbocycles. The van der Waals surface area contributed by atoms with E-state index in [1.807, 2.05) is 65.2 Å². The molecule has 1 N–H and O–H groups in total. The van der Waals surface area contributed by atoms with Crippen LogP contribution in [0.5, 0.6) is 11.5 Å². The van der Waals surface area contributed by atoms with Crippen LogP contribution < -0.4 is 14.9 Å². The first kappa shape index (κ1) is 26.2. The number of ether oxygens (including phenoxy) is 2. The third-order valence-electron chi connectivity index (χ3n) is 5.15. The first-order valence-corrected chi connectivity index (χ1v) is 13.0. The maximum absolute atomic E-state index is 12.5. The number of hydrazone groups is 1. The molecule has 0 fully saturated rings. The SMILES string of the molecule is CCCOc1ccc(/C=N\NC(=O)CSc2nnc(-c3ccc(OC)cc3)n2-c2ccc(Cl)cc2)cc1. The van der Waals surface area contributed by atoms with Gasteiger partial charge in [-0.3, -0.25) is 9.36 Å². The third-order valence-corrected chi connectivity index (χ3v) is 6.34. The molecule has 0 unspecified atom stereocenters. The van der Waals surface area contributed by atoms with Crippen LogP contribution in [0.25, 0.3) is 17.1 Å². The van der Waals surface area contributed by atoms with Crippen molar-refractivity contribution in [1.82, 2.24) is 20.2 Å². The van der Waals surface area contributed by atoms with Crippen molar-refractivity contribution in [3.05, 3.63) is 83.4 Å². The fourth-order valence-electron chi connectivity index (χ4n) is 3.32. The topological polar surface area (TPSA) is 90.6 Å². The Hall–Kier alpha value is -3.82. The quantitative estimate of drug-likeness (QED) is 0.152. The van der Waals surface area contributed by atoms with Gasteiger partial charge in [0.1, 0.15) is 11.5 Å². The normalized spacial score (nSPS) is 11.0. The highest BCUT2D eigenvalue weighted by Crippen LogP contribution is 2.29. The number of aromatic nitrogens is 3. The summed E-state index contributed by atoms with van der Waals surface area (Å²) in [6.07, 6.45) is 2.54. The number of amides is 1. The summed E-state index contributed by atoms with van der Waals surface area (Å²) < 4.78 is 12.7. The van der Waals surface area contributed by atoms with Gasteiger partial charge in [0.15, 0.2) is 11.0 Å². The van der Waals surface area contributed by atoms with Gasteiger partial charge >= 0.3 is 0 Å². The maximum Gasteiger partial charge on any atom is 0.250 e. The summed E-state index contributed by atoms with van der Waals surface area (Å²) in [6.45, 7) is 2.73. The molecule has 3 aromatic carbocycles. The molecule has 4 aromatic rings. The molecule has 1 heterocycles. The van der Waals surface area contributed by atoms with Gasteiger partial charge < -0.3 is 9.47 Å². The molecule has 0 aliphatic heterocycles. The summed E-state index contributed by atoms with van der Waals surface area (Å²) >= 11 is 7.36. The fourth-order valence-corrected chi connectivity index (χ4v) is 4.19. The molecule has 0 radical (unpaired) electrons. The van der Waals surface area contributed by atoms with Gasteiger partial charge in [0, 0.05) is 16.3 Å². The van der Waals surface area contributed by atoms with Crippen molar-refractivity contribution in [2.45, 2.75) is 18.5 Å². The number of carbonyl (C=O) groups is 1. The Labute approximate surface area is 224 Å². The minimum absolute atomic E-state index is 0.107. The van der Waals surface area contributed by atoms with Crippen molar-refractivity contribution in [3.63, 3.8) is 0 Å². The highest BCUT2D eigenvalue weighted by atomic mass is 35.5. The molecule has 0 aliphatic rings. The number of hydrogen-bond donors (Lipinski definition) is 1. The molecule has 1 aromatic heterocycles. The number of rotatable bonds is 11. The molecule has 37 heavy (non-hydrogen) atoms. The van der Waals surface area contributed by atoms with Gasteiger partial charge in [-0.15, -0.1) is 10.2 Å². The Bertz CT molecular complexity index is 1340. The zero-order valence-corrected chi connectivity index (χ0v) is 22.0. The van der Waals surface area contributed by atoms with Gasteiger partial charge in [-0.25, -0.2) is 5.43 Å². The van der Waals surface area contributed by atoms with Crippen LogP contribution in [0.1, 0.15) is 18.9 Å². The predicted octanol–water partition coefficient (Wildman–Crippen LogP) is 5.63. The lowest BCUT2D eigenvalue weighted by Crippen LogP contribution is -2.20. The van der Waals surface area contributed by atoms with E-state index in [0.29, 0.717) is 22.6 Å². The zero-order chi connectivity index (χ0) is 26.0. The molecule has 0 bridgehead atoms. The summed E-state index contributed by atoms with van der Waals surface area (Å²) in [6, 6.07) is 22.4. The second-order valence-electron chi connectivity index (χ2n) is 7.85. The fraction of sp³-hybridized carbons (Fsp3) is 0.185. The number of halogens is 1. The van der Waals surface area contributed by atoms with Crippen molar-refractivity contribution in [2.24, 2.45) is 5.10 Å². The average Bonchev–Trinajstić information content (AvgIpc) is 3.36. The number of methoxy groups -OCH3 is 1. The Balaban J connectivity index is 1.44. The molecule has 10 heteroatoms. The van der Waals surface area contributed by atoms with Gasteiger partial charge in [0.2, 0.25) is 0 Å². The standard InChI is InChI=1S/C27H26ClN5O3S/c1-3-16-36-24-12-4-19(5-13-24)17-29-30-25(34)18-37-27-32-31-26(20-6-14-23(35-2)15-7-20)33(27)22-10-8-21(28)9-11-22/h4-15,17H,3,16,18H2,1-2H3,(H,30,34)/b29-17-. The third kappa shape index (κ3) is 7.12. The van der Waals surface area contributed by atoms with Crippen LogP contribution in [-0.2, 0) is 4.79 Å². The number of carbonyl (C=O) groups excluding carboxylic acids is 1. The largest absolute Gasteiger partial charge is 0.497 e. The lowest BCUT2D eigenvalue weighted by Gasteiger charge is -2.11. The first-order valence-electron chi connectivity index (χ1n) is 11.6. The van der Waals surface area contributed by atoms with Crippen molar-refractivity contribution < 1.29 is 14.3 Å². The lowest BCUT2D eigenvalue weighted by molar-refractivity contribution is -0.118. The van der Waals surface area contributed by atoms with Crippen molar-refractivity contribution in [1.29, 1.82) is 0 Å². The lowest BCUT2D eigenvalue weighted by atomic mass is 10.2. The van der Waals surface area contributed by atoms with Crippen LogP contribution in [0.15, 0.2) is 83.1 Å². The Morgan fingerprint density at radius 1 is 1.03 bits per heavy atom. The Morgan fingerprint density at radius 3 is 2.41 bits per heavy atom. The minimum atomic E-state index is -0.263. The van der Waals surface area contributed by atoms with Crippen LogP contribution >= 0.6 is 23.4 Å². The smallest absolute Gasteiger partial charge is 0.250 e. The van der Waals surface area contributed by atoms with Crippen molar-refractivity contribution >= 4 is 35.5 Å². The molecule has 8 nitrogen and oxygen atoms in total. The van der Waals surface area contributed by atoms with E-state index in [1.54, 1.807) is 25.5 Å². The number of thioether (sulfide) groups is 1. The minimum Gasteiger partial charge on any atom is -0.497 e. The van der Waals surface area contributed by atoms with Gasteiger partial charge in [-0.05, 0) is 84.8 Å². The number of benzene rings is 3. The highest BCUT2D eigenvalue weighted by Gasteiger charge is 2.17. The van der Waals surface area contributed by atoms with Crippen LogP contribution in [0.3, 0.4) is 0 Å². The summed E-state index contributed by atoms with van der Waals surface area (Å²) in [7, 11) is 1.62. The van der Waals surface area contributed by atoms with Gasteiger partial charge in [0.25, 0.3) is 5.91 Å². The van der Waals surface area contributed by atoms with E-state index >= 15 is 0 Å². The van der Waals surface area contributed by atoms with Crippen molar-refractivity contribution in [3.8, 4) is 28.6 Å². The maximum atomic E-state index is 12.5. The van der Waals surface area contributed by atoms with E-state index in [-0.39, 0.29) is 11.7 Å². The monoisotopic (exact) mass is 535 g/mol. The molecular weight excluding hydrogens is 510 g/mol. The van der Waals surface area contributed by atoms with Gasteiger partial charge in [0.05, 0.1) is 25.7 Å². The molecule has 0 spiro atoms. The first-order chi connectivity index (χ1) is 18.1. The van der Waals surface area contributed by atoms with Crippen LogP contribution in [0.4, 0.5) is 0 Å². The van der Waals surface area contributed by atoms with E-state index in [4.69, 9.17) is 21.1 Å². The van der Waals surface area contributed by atoms with Crippen molar-refractivity contribution in [2.75, 3.05) is 19.5 Å². The summed E-state index contributed by atoms with van der Waals surface area (Å²) in [5, 5.41) is 14.0. The van der Waals surface area contributed by atoms with E-state index in [9.17, 15) is 4.79 Å².